The summed E-state index contributed by atoms with van der Waals surface area (Å²) in [6.45, 7) is 2.92. The van der Waals surface area contributed by atoms with Gasteiger partial charge in [0.15, 0.2) is 5.96 Å². The van der Waals surface area contributed by atoms with Crippen molar-refractivity contribution in [3.05, 3.63) is 35.8 Å². The van der Waals surface area contributed by atoms with E-state index in [1.54, 1.807) is 20.0 Å². The predicted octanol–water partition coefficient (Wildman–Crippen LogP) is 0.954. The number of aromatic nitrogens is 1. The molecule has 1 heterocycles. The second kappa shape index (κ2) is 8.82. The van der Waals surface area contributed by atoms with Gasteiger partial charge in [-0.15, -0.1) is 0 Å². The molecule has 1 aromatic heterocycles. The highest BCUT2D eigenvalue weighted by atomic mass is 32.2. The molecule has 0 unspecified atom stereocenters. The molecule has 0 saturated carbocycles. The maximum atomic E-state index is 13.4. The zero-order chi connectivity index (χ0) is 18.3. The summed E-state index contributed by atoms with van der Waals surface area (Å²) in [5.74, 6) is 0.389. The van der Waals surface area contributed by atoms with Gasteiger partial charge in [0.05, 0.1) is 5.75 Å². The van der Waals surface area contributed by atoms with E-state index < -0.39 is 10.0 Å². The normalized spacial score (nSPS) is 12.5. The first kappa shape index (κ1) is 19.2. The summed E-state index contributed by atoms with van der Waals surface area (Å²) in [4.78, 5) is 7.21. The second-order valence-electron chi connectivity index (χ2n) is 5.48. The van der Waals surface area contributed by atoms with Gasteiger partial charge in [-0.05, 0) is 37.1 Å². The molecule has 9 heteroatoms. The molecule has 0 fully saturated rings. The van der Waals surface area contributed by atoms with Crippen molar-refractivity contribution in [2.24, 2.45) is 4.99 Å². The van der Waals surface area contributed by atoms with Crippen molar-refractivity contribution >= 4 is 26.9 Å². The van der Waals surface area contributed by atoms with Gasteiger partial charge in [-0.2, -0.15) is 0 Å². The van der Waals surface area contributed by atoms with E-state index in [1.165, 1.54) is 12.1 Å². The van der Waals surface area contributed by atoms with Gasteiger partial charge in [0.25, 0.3) is 0 Å². The lowest BCUT2D eigenvalue weighted by Crippen LogP contribution is -2.42. The van der Waals surface area contributed by atoms with Gasteiger partial charge in [-0.1, -0.05) is 0 Å². The molecule has 0 bridgehead atoms. The number of rotatable bonds is 8. The van der Waals surface area contributed by atoms with Crippen LogP contribution in [-0.2, 0) is 16.4 Å². The Bertz CT molecular complexity index is 832. The molecule has 2 aromatic rings. The first-order chi connectivity index (χ1) is 11.9. The minimum Gasteiger partial charge on any atom is -0.361 e. The minimum atomic E-state index is -3.18. The third-order valence-corrected chi connectivity index (χ3v) is 5.16. The number of guanidine groups is 1. The highest BCUT2D eigenvalue weighted by Gasteiger charge is 2.06. The molecular formula is C16H24FN5O2S. The van der Waals surface area contributed by atoms with Crippen LogP contribution in [0.15, 0.2) is 29.4 Å². The fraction of sp³-hybridized carbons (Fsp3) is 0.438. The lowest BCUT2D eigenvalue weighted by atomic mass is 10.1. The molecule has 25 heavy (non-hydrogen) atoms. The van der Waals surface area contributed by atoms with Crippen LogP contribution in [0.3, 0.4) is 0 Å². The number of H-pyrrole nitrogens is 1. The number of fused-ring (bicyclic) bond motifs is 1. The minimum absolute atomic E-state index is 0.0607. The molecule has 0 atom stereocenters. The van der Waals surface area contributed by atoms with Crippen LogP contribution in [0.5, 0.6) is 0 Å². The van der Waals surface area contributed by atoms with E-state index in [9.17, 15) is 12.8 Å². The van der Waals surface area contributed by atoms with Crippen LogP contribution in [0, 0.1) is 5.82 Å². The van der Waals surface area contributed by atoms with Crippen LogP contribution in [0.1, 0.15) is 12.5 Å². The lowest BCUT2D eigenvalue weighted by molar-refractivity contribution is 0.582. The van der Waals surface area contributed by atoms with E-state index in [-0.39, 0.29) is 11.6 Å². The average molecular weight is 369 g/mol. The Morgan fingerprint density at radius 1 is 1.24 bits per heavy atom. The van der Waals surface area contributed by atoms with E-state index in [2.05, 4.69) is 25.3 Å². The van der Waals surface area contributed by atoms with Crippen molar-refractivity contribution in [1.29, 1.82) is 0 Å². The van der Waals surface area contributed by atoms with Gasteiger partial charge in [0.2, 0.25) is 10.0 Å². The van der Waals surface area contributed by atoms with Gasteiger partial charge in [0, 0.05) is 43.8 Å². The predicted molar refractivity (Wildman–Crippen MR) is 98.8 cm³/mol. The van der Waals surface area contributed by atoms with Crippen molar-refractivity contribution < 1.29 is 12.8 Å². The lowest BCUT2D eigenvalue weighted by Gasteiger charge is -2.12. The summed E-state index contributed by atoms with van der Waals surface area (Å²) in [6.07, 6.45) is 2.58. The Hall–Kier alpha value is -2.13. The first-order valence-corrected chi connectivity index (χ1v) is 9.77. The molecule has 4 N–H and O–H groups in total. The molecule has 0 saturated heterocycles. The number of nitrogens with one attached hydrogen (secondary N) is 4. The zero-order valence-electron chi connectivity index (χ0n) is 14.4. The number of aliphatic imine (C=N–C) groups is 1. The summed E-state index contributed by atoms with van der Waals surface area (Å²) in [5, 5.41) is 7.06. The Morgan fingerprint density at radius 3 is 2.72 bits per heavy atom. The summed E-state index contributed by atoms with van der Waals surface area (Å²) < 4.78 is 38.5. The van der Waals surface area contributed by atoms with Crippen molar-refractivity contribution in [2.45, 2.75) is 13.3 Å². The molecular weight excluding hydrogens is 345 g/mol. The molecule has 0 aliphatic heterocycles. The van der Waals surface area contributed by atoms with E-state index in [4.69, 9.17) is 0 Å². The number of benzene rings is 1. The quantitative estimate of drug-likeness (QED) is 0.316. The largest absolute Gasteiger partial charge is 0.361 e. The smallest absolute Gasteiger partial charge is 0.211 e. The van der Waals surface area contributed by atoms with Crippen molar-refractivity contribution in [3.63, 3.8) is 0 Å². The third-order valence-electron chi connectivity index (χ3n) is 3.76. The van der Waals surface area contributed by atoms with Crippen LogP contribution in [0.25, 0.3) is 10.9 Å². The highest BCUT2D eigenvalue weighted by molar-refractivity contribution is 7.89. The number of aromatic amines is 1. The highest BCUT2D eigenvalue weighted by Crippen LogP contribution is 2.19. The number of hydrogen-bond acceptors (Lipinski definition) is 3. The van der Waals surface area contributed by atoms with E-state index in [1.807, 2.05) is 6.20 Å². The summed E-state index contributed by atoms with van der Waals surface area (Å²) in [7, 11) is -1.53. The van der Waals surface area contributed by atoms with Crippen LogP contribution in [0.4, 0.5) is 4.39 Å². The van der Waals surface area contributed by atoms with Crippen LogP contribution in [-0.4, -0.2) is 51.8 Å². The van der Waals surface area contributed by atoms with E-state index >= 15 is 0 Å². The molecule has 2 rings (SSSR count). The summed E-state index contributed by atoms with van der Waals surface area (Å²) >= 11 is 0. The van der Waals surface area contributed by atoms with Crippen molar-refractivity contribution in [1.82, 2.24) is 20.3 Å². The Kier molecular flexibility index (Phi) is 6.77. The number of sulfonamides is 1. The van der Waals surface area contributed by atoms with E-state index in [0.717, 1.165) is 16.5 Å². The molecule has 0 spiro atoms. The van der Waals surface area contributed by atoms with Gasteiger partial charge in [0.1, 0.15) is 5.82 Å². The fourth-order valence-corrected chi connectivity index (χ4v) is 3.00. The zero-order valence-corrected chi connectivity index (χ0v) is 15.2. The molecule has 1 aromatic carbocycles. The molecule has 0 aliphatic rings. The second-order valence-corrected chi connectivity index (χ2v) is 7.57. The fourth-order valence-electron chi connectivity index (χ4n) is 2.38. The van der Waals surface area contributed by atoms with Gasteiger partial charge in [-0.25, -0.2) is 17.5 Å². The van der Waals surface area contributed by atoms with Crippen molar-refractivity contribution in [3.8, 4) is 0 Å². The molecule has 7 nitrogen and oxygen atoms in total. The topological polar surface area (TPSA) is 98.4 Å². The summed E-state index contributed by atoms with van der Waals surface area (Å²) in [6, 6.07) is 4.67. The van der Waals surface area contributed by atoms with Gasteiger partial charge in [-0.3, -0.25) is 4.99 Å². The van der Waals surface area contributed by atoms with Crippen LogP contribution < -0.4 is 15.4 Å². The van der Waals surface area contributed by atoms with Gasteiger partial charge >= 0.3 is 0 Å². The number of nitrogens with zero attached hydrogens (tertiary/aromatic N) is 1. The molecule has 138 valence electrons. The summed E-state index contributed by atoms with van der Waals surface area (Å²) in [5.41, 5.74) is 1.93. The molecule has 0 amide bonds. The Morgan fingerprint density at radius 2 is 2.00 bits per heavy atom. The SMILES string of the molecule is CCS(=O)(=O)NCCNC(=NC)NCCc1c[nH]c2ccc(F)cc12. The Labute approximate surface area is 147 Å². The number of hydrogen-bond donors (Lipinski definition) is 4. The monoisotopic (exact) mass is 369 g/mol. The van der Waals surface area contributed by atoms with Crippen molar-refractivity contribution in [2.75, 3.05) is 32.4 Å². The average Bonchev–Trinajstić information content (AvgIpc) is 2.99. The molecule has 0 aliphatic carbocycles. The standard InChI is InChI=1S/C16H24FN5O2S/c1-3-25(23,24)22-9-8-20-16(18-2)19-7-6-12-11-21-15-5-4-13(17)10-14(12)15/h4-5,10-11,21-22H,3,6-9H2,1-2H3,(H2,18,19,20). The molecule has 0 radical (unpaired) electrons. The van der Waals surface area contributed by atoms with Gasteiger partial charge < -0.3 is 15.6 Å². The number of halogens is 1. The first-order valence-electron chi connectivity index (χ1n) is 8.12. The van der Waals surface area contributed by atoms with E-state index in [0.29, 0.717) is 32.0 Å². The van der Waals surface area contributed by atoms with Crippen LogP contribution in [0.2, 0.25) is 0 Å². The van der Waals surface area contributed by atoms with Crippen LogP contribution >= 0.6 is 0 Å². The third kappa shape index (κ3) is 5.71. The Balaban J connectivity index is 1.78. The maximum Gasteiger partial charge on any atom is 0.211 e. The maximum absolute atomic E-state index is 13.4.